The number of nitro benzene ring substituents is 2. The van der Waals surface area contributed by atoms with Crippen molar-refractivity contribution in [2.45, 2.75) is 0 Å². The van der Waals surface area contributed by atoms with Gasteiger partial charge >= 0.3 is 5.97 Å². The zero-order chi connectivity index (χ0) is 18.6. The molecule has 128 valence electrons. The number of phenolic OH excluding ortho intramolecular Hbond substituents is 1. The van der Waals surface area contributed by atoms with E-state index >= 15 is 0 Å². The molecule has 0 aromatic heterocycles. The van der Waals surface area contributed by atoms with Crippen LogP contribution in [-0.4, -0.2) is 33.3 Å². The second-order valence-corrected chi connectivity index (χ2v) is 4.76. The van der Waals surface area contributed by atoms with Crippen LogP contribution < -0.4 is 0 Å². The van der Waals surface area contributed by atoms with Crippen molar-refractivity contribution in [3.8, 4) is 5.75 Å². The van der Waals surface area contributed by atoms with Crippen LogP contribution in [0.4, 0.5) is 11.4 Å². The van der Waals surface area contributed by atoms with E-state index in [4.69, 9.17) is 4.74 Å². The molecular formula is C15H10N2O8. The Bertz CT molecular complexity index is 860. The molecule has 0 aliphatic heterocycles. The molecule has 2 aromatic carbocycles. The molecule has 0 unspecified atom stereocenters. The number of phenols is 1. The summed E-state index contributed by atoms with van der Waals surface area (Å²) in [6.07, 6.45) is 0. The second kappa shape index (κ2) is 7.17. The predicted molar refractivity (Wildman–Crippen MR) is 82.5 cm³/mol. The van der Waals surface area contributed by atoms with Gasteiger partial charge in [0.25, 0.3) is 11.4 Å². The van der Waals surface area contributed by atoms with Crippen LogP contribution in [0.15, 0.2) is 42.5 Å². The maximum Gasteiger partial charge on any atom is 0.342 e. The van der Waals surface area contributed by atoms with Crippen molar-refractivity contribution in [3.63, 3.8) is 0 Å². The van der Waals surface area contributed by atoms with Gasteiger partial charge in [0.15, 0.2) is 12.4 Å². The van der Waals surface area contributed by atoms with E-state index in [1.807, 2.05) is 0 Å². The van der Waals surface area contributed by atoms with Crippen LogP contribution in [0.25, 0.3) is 0 Å². The molecule has 0 spiro atoms. The number of carbonyl (C=O) groups is 2. The Balaban J connectivity index is 2.06. The number of aromatic hydroxyl groups is 1. The molecule has 25 heavy (non-hydrogen) atoms. The normalized spacial score (nSPS) is 10.1. The first-order chi connectivity index (χ1) is 11.8. The number of hydrogen-bond acceptors (Lipinski definition) is 8. The number of Topliss-reactive ketones (excluding diaryl/α,β-unsaturated/α-hetero) is 1. The minimum atomic E-state index is -1.11. The van der Waals surface area contributed by atoms with Crippen LogP contribution in [0.1, 0.15) is 20.7 Å². The number of rotatable bonds is 6. The number of benzene rings is 2. The molecule has 1 N–H and O–H groups in total. The minimum absolute atomic E-state index is 0.0849. The SMILES string of the molecule is O=C(COC(=O)c1cc([N+](=O)[O-])ccc1O)c1ccc([N+](=O)[O-])cc1. The molecule has 2 aromatic rings. The predicted octanol–water partition coefficient (Wildman–Crippen LogP) is 2.25. The van der Waals surface area contributed by atoms with E-state index < -0.39 is 45.2 Å². The van der Waals surface area contributed by atoms with Gasteiger partial charge in [-0.3, -0.25) is 25.0 Å². The van der Waals surface area contributed by atoms with Gasteiger partial charge in [-0.2, -0.15) is 0 Å². The number of nitrogens with zero attached hydrogens (tertiary/aromatic N) is 2. The fourth-order valence-corrected chi connectivity index (χ4v) is 1.86. The quantitative estimate of drug-likeness (QED) is 0.362. The second-order valence-electron chi connectivity index (χ2n) is 4.76. The molecule has 0 atom stereocenters. The van der Waals surface area contributed by atoms with E-state index in [0.717, 1.165) is 30.3 Å². The van der Waals surface area contributed by atoms with Gasteiger partial charge in [-0.25, -0.2) is 4.79 Å². The third-order valence-electron chi connectivity index (χ3n) is 3.15. The summed E-state index contributed by atoms with van der Waals surface area (Å²) in [6, 6.07) is 7.47. The van der Waals surface area contributed by atoms with E-state index in [2.05, 4.69) is 0 Å². The Labute approximate surface area is 139 Å². The van der Waals surface area contributed by atoms with Crippen LogP contribution in [-0.2, 0) is 4.74 Å². The fourth-order valence-electron chi connectivity index (χ4n) is 1.86. The highest BCUT2D eigenvalue weighted by Crippen LogP contribution is 2.23. The number of ketones is 1. The van der Waals surface area contributed by atoms with Crippen molar-refractivity contribution in [1.29, 1.82) is 0 Å². The number of carbonyl (C=O) groups excluding carboxylic acids is 2. The van der Waals surface area contributed by atoms with Crippen molar-refractivity contribution in [2.24, 2.45) is 0 Å². The number of non-ortho nitro benzene ring substituents is 2. The topological polar surface area (TPSA) is 150 Å². The third-order valence-corrected chi connectivity index (χ3v) is 3.15. The summed E-state index contributed by atoms with van der Waals surface area (Å²) >= 11 is 0. The average molecular weight is 346 g/mol. The van der Waals surface area contributed by atoms with Gasteiger partial charge in [0, 0.05) is 29.8 Å². The lowest BCUT2D eigenvalue weighted by Crippen LogP contribution is -2.14. The van der Waals surface area contributed by atoms with Gasteiger partial charge in [0.05, 0.1) is 9.85 Å². The van der Waals surface area contributed by atoms with E-state index in [1.165, 1.54) is 12.1 Å². The molecule has 0 aliphatic carbocycles. The average Bonchev–Trinajstić information content (AvgIpc) is 2.59. The largest absolute Gasteiger partial charge is 0.507 e. The number of ether oxygens (including phenoxy) is 1. The Morgan fingerprint density at radius 1 is 0.960 bits per heavy atom. The van der Waals surface area contributed by atoms with Crippen molar-refractivity contribution in [1.82, 2.24) is 0 Å². The highest BCUT2D eigenvalue weighted by atomic mass is 16.6. The highest BCUT2D eigenvalue weighted by Gasteiger charge is 2.19. The molecule has 0 saturated heterocycles. The van der Waals surface area contributed by atoms with Crippen LogP contribution in [0.3, 0.4) is 0 Å². The first-order valence-electron chi connectivity index (χ1n) is 6.72. The van der Waals surface area contributed by atoms with Crippen LogP contribution in [0.5, 0.6) is 5.75 Å². The van der Waals surface area contributed by atoms with E-state index in [1.54, 1.807) is 0 Å². The first-order valence-corrected chi connectivity index (χ1v) is 6.72. The first kappa shape index (κ1) is 17.5. The monoisotopic (exact) mass is 346 g/mol. The summed E-state index contributed by atoms with van der Waals surface area (Å²) in [4.78, 5) is 43.6. The molecule has 10 nitrogen and oxygen atoms in total. The fraction of sp³-hybridized carbons (Fsp3) is 0.0667. The van der Waals surface area contributed by atoms with E-state index in [-0.39, 0.29) is 11.3 Å². The lowest BCUT2D eigenvalue weighted by atomic mass is 10.1. The summed E-state index contributed by atoms with van der Waals surface area (Å²) in [5, 5.41) is 30.8. The molecule has 2 rings (SSSR count). The van der Waals surface area contributed by atoms with Gasteiger partial charge in [-0.05, 0) is 18.2 Å². The van der Waals surface area contributed by atoms with Crippen LogP contribution in [0, 0.1) is 20.2 Å². The molecule has 0 fully saturated rings. The van der Waals surface area contributed by atoms with Crippen molar-refractivity contribution >= 4 is 23.1 Å². The van der Waals surface area contributed by atoms with Gasteiger partial charge < -0.3 is 9.84 Å². The summed E-state index contributed by atoms with van der Waals surface area (Å²) in [5.74, 6) is -2.27. The number of esters is 1. The lowest BCUT2D eigenvalue weighted by molar-refractivity contribution is -0.385. The zero-order valence-electron chi connectivity index (χ0n) is 12.4. The smallest absolute Gasteiger partial charge is 0.342 e. The maximum atomic E-state index is 11.9. The maximum absolute atomic E-state index is 11.9. The molecule has 0 saturated carbocycles. The van der Waals surface area contributed by atoms with Crippen LogP contribution >= 0.6 is 0 Å². The summed E-state index contributed by atoms with van der Waals surface area (Å²) in [5.41, 5.74) is -0.992. The summed E-state index contributed by atoms with van der Waals surface area (Å²) in [7, 11) is 0. The molecule has 0 bridgehead atoms. The summed E-state index contributed by atoms with van der Waals surface area (Å²) < 4.78 is 4.73. The van der Waals surface area contributed by atoms with Crippen LogP contribution in [0.2, 0.25) is 0 Å². The number of hydrogen-bond donors (Lipinski definition) is 1. The zero-order valence-corrected chi connectivity index (χ0v) is 12.4. The minimum Gasteiger partial charge on any atom is -0.507 e. The molecule has 10 heteroatoms. The molecule has 0 aliphatic rings. The number of nitro groups is 2. The Kier molecular flexibility index (Phi) is 5.03. The van der Waals surface area contributed by atoms with Crippen molar-refractivity contribution in [3.05, 3.63) is 73.8 Å². The van der Waals surface area contributed by atoms with Gasteiger partial charge in [-0.1, -0.05) is 0 Å². The highest BCUT2D eigenvalue weighted by molar-refractivity contribution is 6.00. The molecular weight excluding hydrogens is 336 g/mol. The summed E-state index contributed by atoms with van der Waals surface area (Å²) in [6.45, 7) is -0.696. The molecule has 0 heterocycles. The lowest BCUT2D eigenvalue weighted by Gasteiger charge is -2.06. The Morgan fingerprint density at radius 2 is 1.52 bits per heavy atom. The third kappa shape index (κ3) is 4.13. The standard InChI is InChI=1S/C15H10N2O8/c18-13-6-5-11(17(23)24)7-12(13)15(20)25-8-14(19)9-1-3-10(4-2-9)16(21)22/h1-7,18H,8H2. The van der Waals surface area contributed by atoms with Gasteiger partial charge in [-0.15, -0.1) is 0 Å². The van der Waals surface area contributed by atoms with E-state index in [9.17, 15) is 34.9 Å². The Hall–Kier alpha value is -3.82. The molecule has 0 radical (unpaired) electrons. The van der Waals surface area contributed by atoms with Gasteiger partial charge in [0.2, 0.25) is 0 Å². The molecule has 0 amide bonds. The Morgan fingerprint density at radius 3 is 2.08 bits per heavy atom. The van der Waals surface area contributed by atoms with Gasteiger partial charge in [0.1, 0.15) is 11.3 Å². The van der Waals surface area contributed by atoms with Crippen molar-refractivity contribution in [2.75, 3.05) is 6.61 Å². The van der Waals surface area contributed by atoms with Crippen molar-refractivity contribution < 1.29 is 29.3 Å². The van der Waals surface area contributed by atoms with E-state index in [0.29, 0.717) is 0 Å².